The van der Waals surface area contributed by atoms with Crippen LogP contribution in [0.25, 0.3) is 33.9 Å². The first kappa shape index (κ1) is 18.2. The van der Waals surface area contributed by atoms with E-state index in [0.717, 1.165) is 28.3 Å². The zero-order valence-electron chi connectivity index (χ0n) is 17.0. The number of H-pyrrole nitrogens is 1. The zero-order chi connectivity index (χ0) is 19.7. The molecule has 0 aliphatic carbocycles. The highest BCUT2D eigenvalue weighted by Gasteiger charge is 2.17. The van der Waals surface area contributed by atoms with E-state index in [0.29, 0.717) is 5.92 Å². The Labute approximate surface area is 167 Å². The highest BCUT2D eigenvalue weighted by molar-refractivity contribution is 5.82. The molecule has 0 saturated heterocycles. The number of hydrogen-bond acceptors (Lipinski definition) is 1. The Morgan fingerprint density at radius 1 is 0.786 bits per heavy atom. The molecule has 4 rings (SSSR count). The Morgan fingerprint density at radius 3 is 2.18 bits per heavy atom. The molecule has 0 aliphatic heterocycles. The van der Waals surface area contributed by atoms with E-state index in [1.54, 1.807) is 0 Å². The molecule has 1 heterocycles. The fourth-order valence-corrected chi connectivity index (χ4v) is 3.54. The summed E-state index contributed by atoms with van der Waals surface area (Å²) in [5, 5.41) is 0. The maximum atomic E-state index is 5.02. The Hall–Kier alpha value is -3.13. The van der Waals surface area contributed by atoms with Gasteiger partial charge in [0.25, 0.3) is 0 Å². The van der Waals surface area contributed by atoms with Crippen molar-refractivity contribution in [2.24, 2.45) is 0 Å². The van der Waals surface area contributed by atoms with Crippen molar-refractivity contribution in [2.45, 2.75) is 33.6 Å². The van der Waals surface area contributed by atoms with Gasteiger partial charge in [0.05, 0.1) is 11.4 Å². The van der Waals surface area contributed by atoms with E-state index >= 15 is 0 Å². The van der Waals surface area contributed by atoms with Gasteiger partial charge < -0.3 is 4.98 Å². The van der Waals surface area contributed by atoms with E-state index in [4.69, 9.17) is 4.98 Å². The summed E-state index contributed by atoms with van der Waals surface area (Å²) < 4.78 is 0. The number of aromatic nitrogens is 2. The Bertz CT molecular complexity index is 1090. The van der Waals surface area contributed by atoms with Gasteiger partial charge in [0.1, 0.15) is 5.82 Å². The molecule has 0 radical (unpaired) electrons. The van der Waals surface area contributed by atoms with Gasteiger partial charge in [-0.15, -0.1) is 0 Å². The molecule has 2 nitrogen and oxygen atoms in total. The van der Waals surface area contributed by atoms with Crippen molar-refractivity contribution in [3.8, 4) is 33.9 Å². The molecule has 0 unspecified atom stereocenters. The molecule has 3 aromatic carbocycles. The highest BCUT2D eigenvalue weighted by Crippen LogP contribution is 2.35. The summed E-state index contributed by atoms with van der Waals surface area (Å²) in [5.41, 5.74) is 9.35. The quantitative estimate of drug-likeness (QED) is 0.408. The van der Waals surface area contributed by atoms with Crippen LogP contribution in [0.4, 0.5) is 0 Å². The third-order valence-corrected chi connectivity index (χ3v) is 5.26. The molecule has 2 heteroatoms. The van der Waals surface area contributed by atoms with Crippen LogP contribution >= 0.6 is 0 Å². The lowest BCUT2D eigenvalue weighted by molar-refractivity contribution is 0.867. The monoisotopic (exact) mass is 366 g/mol. The molecule has 0 bridgehead atoms. The van der Waals surface area contributed by atoms with Crippen molar-refractivity contribution < 1.29 is 0 Å². The van der Waals surface area contributed by atoms with E-state index < -0.39 is 0 Å². The minimum Gasteiger partial charge on any atom is -0.337 e. The number of aromatic amines is 1. The number of benzene rings is 3. The van der Waals surface area contributed by atoms with E-state index in [2.05, 4.69) is 99.4 Å². The molecule has 0 saturated carbocycles. The first-order valence-corrected chi connectivity index (χ1v) is 9.86. The summed E-state index contributed by atoms with van der Waals surface area (Å²) in [6.45, 7) is 8.72. The second-order valence-electron chi connectivity index (χ2n) is 7.77. The zero-order valence-corrected chi connectivity index (χ0v) is 17.0. The number of nitrogens with one attached hydrogen (secondary N) is 1. The van der Waals surface area contributed by atoms with E-state index in [1.807, 2.05) is 6.07 Å². The van der Waals surface area contributed by atoms with Gasteiger partial charge >= 0.3 is 0 Å². The fraction of sp³-hybridized carbons (Fsp3) is 0.192. The lowest BCUT2D eigenvalue weighted by atomic mass is 9.99. The van der Waals surface area contributed by atoms with Gasteiger partial charge in [-0.25, -0.2) is 4.98 Å². The van der Waals surface area contributed by atoms with E-state index in [-0.39, 0.29) is 0 Å². The second kappa shape index (κ2) is 7.47. The molecule has 1 aromatic heterocycles. The molecule has 0 atom stereocenters. The molecular weight excluding hydrogens is 340 g/mol. The van der Waals surface area contributed by atoms with Crippen LogP contribution in [0, 0.1) is 13.8 Å². The van der Waals surface area contributed by atoms with Gasteiger partial charge in [0.2, 0.25) is 0 Å². The standard InChI is InChI=1S/C26H26N2/c1-17(2)20-12-14-22(15-13-20)26-27-24(21-8-6-5-7-9-21)25(28-26)23-16-18(3)10-11-19(23)4/h5-17H,1-4H3,(H,27,28). The van der Waals surface area contributed by atoms with Crippen LogP contribution < -0.4 is 0 Å². The average Bonchev–Trinajstić information content (AvgIpc) is 3.16. The fourth-order valence-electron chi connectivity index (χ4n) is 3.54. The molecule has 0 spiro atoms. The minimum atomic E-state index is 0.524. The van der Waals surface area contributed by atoms with Crippen LogP contribution in [0.15, 0.2) is 72.8 Å². The van der Waals surface area contributed by atoms with Gasteiger partial charge in [-0.3, -0.25) is 0 Å². The highest BCUT2D eigenvalue weighted by atomic mass is 14.9. The van der Waals surface area contributed by atoms with Crippen LogP contribution in [0.2, 0.25) is 0 Å². The minimum absolute atomic E-state index is 0.524. The topological polar surface area (TPSA) is 28.7 Å². The van der Waals surface area contributed by atoms with Crippen molar-refractivity contribution in [3.63, 3.8) is 0 Å². The Morgan fingerprint density at radius 2 is 1.50 bits per heavy atom. The predicted molar refractivity (Wildman–Crippen MR) is 118 cm³/mol. The summed E-state index contributed by atoms with van der Waals surface area (Å²) in [4.78, 5) is 8.64. The first-order chi connectivity index (χ1) is 13.5. The Balaban J connectivity index is 1.88. The largest absolute Gasteiger partial charge is 0.337 e. The first-order valence-electron chi connectivity index (χ1n) is 9.86. The van der Waals surface area contributed by atoms with Crippen molar-refractivity contribution in [1.82, 2.24) is 9.97 Å². The van der Waals surface area contributed by atoms with Crippen molar-refractivity contribution >= 4 is 0 Å². The molecule has 0 aliphatic rings. The van der Waals surface area contributed by atoms with Crippen LogP contribution in [0.1, 0.15) is 36.5 Å². The number of aryl methyl sites for hydroxylation is 2. The van der Waals surface area contributed by atoms with Gasteiger partial charge in [-0.1, -0.05) is 86.1 Å². The second-order valence-corrected chi connectivity index (χ2v) is 7.77. The molecule has 4 aromatic rings. The van der Waals surface area contributed by atoms with Crippen molar-refractivity contribution in [1.29, 1.82) is 0 Å². The number of hydrogen-bond donors (Lipinski definition) is 1. The summed E-state index contributed by atoms with van der Waals surface area (Å²) in [6, 6.07) is 25.7. The summed E-state index contributed by atoms with van der Waals surface area (Å²) in [5.74, 6) is 1.43. The summed E-state index contributed by atoms with van der Waals surface area (Å²) in [7, 11) is 0. The number of rotatable bonds is 4. The lowest BCUT2D eigenvalue weighted by Crippen LogP contribution is -1.88. The maximum absolute atomic E-state index is 5.02. The van der Waals surface area contributed by atoms with E-state index in [9.17, 15) is 0 Å². The number of nitrogens with zero attached hydrogens (tertiary/aromatic N) is 1. The van der Waals surface area contributed by atoms with Crippen LogP contribution in [-0.4, -0.2) is 9.97 Å². The third kappa shape index (κ3) is 3.50. The van der Waals surface area contributed by atoms with Crippen LogP contribution in [0.5, 0.6) is 0 Å². The normalized spacial score (nSPS) is 11.2. The van der Waals surface area contributed by atoms with Gasteiger partial charge in [-0.2, -0.15) is 0 Å². The van der Waals surface area contributed by atoms with Gasteiger partial charge in [0.15, 0.2) is 0 Å². The van der Waals surface area contributed by atoms with Crippen molar-refractivity contribution in [2.75, 3.05) is 0 Å². The molecule has 0 amide bonds. The molecule has 0 fully saturated rings. The summed E-state index contributed by atoms with van der Waals surface area (Å²) >= 11 is 0. The van der Waals surface area contributed by atoms with Crippen LogP contribution in [-0.2, 0) is 0 Å². The predicted octanol–water partition coefficient (Wildman–Crippen LogP) is 7.15. The number of imidazole rings is 1. The summed E-state index contributed by atoms with van der Waals surface area (Å²) in [6.07, 6.45) is 0. The Kier molecular flexibility index (Phi) is 4.87. The van der Waals surface area contributed by atoms with Crippen molar-refractivity contribution in [3.05, 3.63) is 89.5 Å². The lowest BCUT2D eigenvalue weighted by Gasteiger charge is -2.08. The van der Waals surface area contributed by atoms with Gasteiger partial charge in [0, 0.05) is 16.7 Å². The average molecular weight is 367 g/mol. The molecular formula is C26H26N2. The van der Waals surface area contributed by atoms with E-state index in [1.165, 1.54) is 22.3 Å². The SMILES string of the molecule is Cc1ccc(C)c(-c2[nH]c(-c3ccc(C(C)C)cc3)nc2-c2ccccc2)c1. The van der Waals surface area contributed by atoms with Gasteiger partial charge in [-0.05, 0) is 37.0 Å². The smallest absolute Gasteiger partial charge is 0.138 e. The molecule has 140 valence electrons. The maximum Gasteiger partial charge on any atom is 0.138 e. The van der Waals surface area contributed by atoms with Crippen LogP contribution in [0.3, 0.4) is 0 Å². The third-order valence-electron chi connectivity index (χ3n) is 5.26. The molecule has 1 N–H and O–H groups in total. The molecule has 28 heavy (non-hydrogen) atoms.